The average Bonchev–Trinajstić information content (AvgIpc) is 2.85. The molecule has 0 unspecified atom stereocenters. The second kappa shape index (κ2) is 10.5. The molecule has 184 valence electrons. The predicted octanol–water partition coefficient (Wildman–Crippen LogP) is 4.32. The minimum atomic E-state index is -3.80. The summed E-state index contributed by atoms with van der Waals surface area (Å²) in [4.78, 5) is 16.4. The van der Waals surface area contributed by atoms with Gasteiger partial charge >= 0.3 is 0 Å². The highest BCUT2D eigenvalue weighted by Crippen LogP contribution is 2.24. The molecule has 0 spiro atoms. The molecule has 7 nitrogen and oxygen atoms in total. The lowest BCUT2D eigenvalue weighted by molar-refractivity contribution is -0.133. The van der Waals surface area contributed by atoms with Gasteiger partial charge in [-0.3, -0.25) is 9.52 Å². The number of anilines is 2. The topological polar surface area (TPSA) is 78.9 Å². The summed E-state index contributed by atoms with van der Waals surface area (Å²) in [5.74, 6) is -0.0446. The highest BCUT2D eigenvalue weighted by molar-refractivity contribution is 7.92. The normalized spacial score (nSPS) is 14.0. The van der Waals surface area contributed by atoms with Gasteiger partial charge < -0.3 is 14.5 Å². The first-order valence-corrected chi connectivity index (χ1v) is 12.9. The number of carbonyl (C=O) groups is 1. The van der Waals surface area contributed by atoms with E-state index < -0.39 is 10.0 Å². The third-order valence-corrected chi connectivity index (χ3v) is 7.55. The van der Waals surface area contributed by atoms with Crippen LogP contribution in [0.1, 0.15) is 5.56 Å². The number of amides is 1. The number of halogens is 2. The first-order valence-electron chi connectivity index (χ1n) is 11.0. The van der Waals surface area contributed by atoms with Crippen LogP contribution in [-0.2, 0) is 14.8 Å². The molecule has 1 heterocycles. The van der Waals surface area contributed by atoms with Crippen molar-refractivity contribution in [3.05, 3.63) is 83.1 Å². The van der Waals surface area contributed by atoms with Crippen molar-refractivity contribution in [3.8, 4) is 5.75 Å². The largest absolute Gasteiger partial charge is 0.484 e. The molecule has 0 radical (unpaired) electrons. The zero-order valence-electron chi connectivity index (χ0n) is 19.1. The van der Waals surface area contributed by atoms with E-state index in [1.807, 2.05) is 6.92 Å². The molecule has 4 rings (SSSR count). The van der Waals surface area contributed by atoms with E-state index in [0.717, 1.165) is 11.3 Å². The molecule has 0 saturated carbocycles. The van der Waals surface area contributed by atoms with Gasteiger partial charge in [-0.25, -0.2) is 12.8 Å². The van der Waals surface area contributed by atoms with Crippen LogP contribution in [0, 0.1) is 12.7 Å². The van der Waals surface area contributed by atoms with E-state index in [0.29, 0.717) is 42.6 Å². The SMILES string of the molecule is Cc1ccc(NS(=O)(=O)c2ccc(OCC(=O)N3CCN(c4ccc(F)cc4)CC3)cc2)cc1Cl. The third-order valence-electron chi connectivity index (χ3n) is 5.74. The lowest BCUT2D eigenvalue weighted by Crippen LogP contribution is -2.50. The van der Waals surface area contributed by atoms with E-state index in [1.54, 1.807) is 35.2 Å². The summed E-state index contributed by atoms with van der Waals surface area (Å²) in [7, 11) is -3.80. The second-order valence-electron chi connectivity index (χ2n) is 8.17. The number of aryl methyl sites for hydroxylation is 1. The molecule has 1 fully saturated rings. The second-order valence-corrected chi connectivity index (χ2v) is 10.3. The molecule has 3 aromatic rings. The molecule has 1 aliphatic heterocycles. The molecule has 1 saturated heterocycles. The first kappa shape index (κ1) is 24.8. The van der Waals surface area contributed by atoms with Crippen molar-refractivity contribution in [3.63, 3.8) is 0 Å². The monoisotopic (exact) mass is 517 g/mol. The van der Waals surface area contributed by atoms with Gasteiger partial charge in [0.05, 0.1) is 10.6 Å². The smallest absolute Gasteiger partial charge is 0.261 e. The summed E-state index contributed by atoms with van der Waals surface area (Å²) in [6.07, 6.45) is 0. The minimum Gasteiger partial charge on any atom is -0.484 e. The Morgan fingerprint density at radius 3 is 2.29 bits per heavy atom. The van der Waals surface area contributed by atoms with Crippen LogP contribution in [0.15, 0.2) is 71.6 Å². The van der Waals surface area contributed by atoms with Crippen LogP contribution in [0.2, 0.25) is 5.02 Å². The molecule has 3 aromatic carbocycles. The molecule has 1 amide bonds. The number of nitrogens with one attached hydrogen (secondary N) is 1. The fourth-order valence-corrected chi connectivity index (χ4v) is 4.92. The fourth-order valence-electron chi connectivity index (χ4n) is 3.69. The summed E-state index contributed by atoms with van der Waals surface area (Å²) in [6.45, 7) is 4.03. The number of piperazine rings is 1. The van der Waals surface area contributed by atoms with Crippen molar-refractivity contribution >= 4 is 38.9 Å². The van der Waals surface area contributed by atoms with E-state index in [1.165, 1.54) is 36.4 Å². The molecule has 0 bridgehead atoms. The van der Waals surface area contributed by atoms with Gasteiger partial charge in [0, 0.05) is 36.9 Å². The highest BCUT2D eigenvalue weighted by atomic mass is 35.5. The van der Waals surface area contributed by atoms with Gasteiger partial charge in [0.2, 0.25) is 0 Å². The van der Waals surface area contributed by atoms with Crippen molar-refractivity contribution in [2.75, 3.05) is 42.4 Å². The maximum absolute atomic E-state index is 13.1. The first-order chi connectivity index (χ1) is 16.7. The van der Waals surface area contributed by atoms with Gasteiger partial charge in [-0.2, -0.15) is 0 Å². The molecular weight excluding hydrogens is 493 g/mol. The molecule has 0 atom stereocenters. The van der Waals surface area contributed by atoms with Crippen LogP contribution in [0.25, 0.3) is 0 Å². The Morgan fingerprint density at radius 2 is 1.66 bits per heavy atom. The van der Waals surface area contributed by atoms with Gasteiger partial charge in [-0.05, 0) is 73.2 Å². The summed E-state index contributed by atoms with van der Waals surface area (Å²) in [5, 5.41) is 0.468. The van der Waals surface area contributed by atoms with Crippen LogP contribution in [0.5, 0.6) is 5.75 Å². The molecule has 1 N–H and O–H groups in total. The number of sulfonamides is 1. The molecule has 0 aliphatic carbocycles. The molecular formula is C25H25ClFN3O4S. The Bertz CT molecular complexity index is 1290. The average molecular weight is 518 g/mol. The highest BCUT2D eigenvalue weighted by Gasteiger charge is 2.22. The van der Waals surface area contributed by atoms with Gasteiger partial charge in [-0.1, -0.05) is 17.7 Å². The summed E-state index contributed by atoms with van der Waals surface area (Å²) in [6, 6.07) is 17.1. The number of hydrogen-bond donors (Lipinski definition) is 1. The maximum Gasteiger partial charge on any atom is 0.261 e. The van der Waals surface area contributed by atoms with Crippen LogP contribution in [0.3, 0.4) is 0 Å². The van der Waals surface area contributed by atoms with Crippen LogP contribution in [0.4, 0.5) is 15.8 Å². The number of nitrogens with zero attached hydrogens (tertiary/aromatic N) is 2. The van der Waals surface area contributed by atoms with Crippen molar-refractivity contribution in [1.82, 2.24) is 4.90 Å². The van der Waals surface area contributed by atoms with Crippen molar-refractivity contribution in [1.29, 1.82) is 0 Å². The van der Waals surface area contributed by atoms with Crippen molar-refractivity contribution in [2.45, 2.75) is 11.8 Å². The Morgan fingerprint density at radius 1 is 1.00 bits per heavy atom. The summed E-state index contributed by atoms with van der Waals surface area (Å²) in [5.41, 5.74) is 2.14. The molecule has 35 heavy (non-hydrogen) atoms. The van der Waals surface area contributed by atoms with E-state index in [4.69, 9.17) is 16.3 Å². The Kier molecular flexibility index (Phi) is 7.47. The standard InChI is InChI=1S/C25H25ClFN3O4S/c1-18-2-5-20(16-24(18)26)28-35(32,33)23-10-8-22(9-11-23)34-17-25(31)30-14-12-29(13-15-30)21-6-3-19(27)4-7-21/h2-11,16,28H,12-15,17H2,1H3. The van der Waals surface area contributed by atoms with Crippen molar-refractivity contribution < 1.29 is 22.3 Å². The third kappa shape index (κ3) is 6.23. The van der Waals surface area contributed by atoms with Crippen LogP contribution >= 0.6 is 11.6 Å². The molecule has 1 aliphatic rings. The molecule has 0 aromatic heterocycles. The Labute approximate surface area is 209 Å². The summed E-state index contributed by atoms with van der Waals surface area (Å²) >= 11 is 6.07. The van der Waals surface area contributed by atoms with E-state index >= 15 is 0 Å². The number of rotatable bonds is 7. The molecule has 10 heteroatoms. The minimum absolute atomic E-state index is 0.0600. The van der Waals surface area contributed by atoms with Crippen LogP contribution in [-0.4, -0.2) is 52.0 Å². The Hall–Kier alpha value is -3.30. The lowest BCUT2D eigenvalue weighted by Gasteiger charge is -2.36. The van der Waals surface area contributed by atoms with Crippen LogP contribution < -0.4 is 14.4 Å². The van der Waals surface area contributed by atoms with E-state index in [2.05, 4.69) is 9.62 Å². The number of ether oxygens (including phenoxy) is 1. The number of benzene rings is 3. The summed E-state index contributed by atoms with van der Waals surface area (Å²) < 4.78 is 46.5. The number of carbonyl (C=O) groups excluding carboxylic acids is 1. The van der Waals surface area contributed by atoms with Gasteiger partial charge in [-0.15, -0.1) is 0 Å². The van der Waals surface area contributed by atoms with Gasteiger partial charge in [0.1, 0.15) is 11.6 Å². The fraction of sp³-hybridized carbons (Fsp3) is 0.240. The predicted molar refractivity (Wildman–Crippen MR) is 134 cm³/mol. The van der Waals surface area contributed by atoms with E-state index in [-0.39, 0.29) is 23.2 Å². The lowest BCUT2D eigenvalue weighted by atomic mass is 10.2. The van der Waals surface area contributed by atoms with Gasteiger partial charge in [0.25, 0.3) is 15.9 Å². The zero-order valence-corrected chi connectivity index (χ0v) is 20.7. The van der Waals surface area contributed by atoms with Crippen molar-refractivity contribution in [2.24, 2.45) is 0 Å². The van der Waals surface area contributed by atoms with Gasteiger partial charge in [0.15, 0.2) is 6.61 Å². The quantitative estimate of drug-likeness (QED) is 0.505. The Balaban J connectivity index is 1.28. The number of hydrogen-bond acceptors (Lipinski definition) is 5. The van der Waals surface area contributed by atoms with E-state index in [9.17, 15) is 17.6 Å². The maximum atomic E-state index is 13.1. The zero-order chi connectivity index (χ0) is 25.0.